The molecule has 1 aliphatic rings. The molecule has 6 heteroatoms. The SMILES string of the molecule is CN(C)c1cc2cc(-c3ccc(OC4CCN(C(=O)O)CC4)cc3)ccc2cn1. The van der Waals surface area contributed by atoms with Gasteiger partial charge in [0, 0.05) is 51.6 Å². The van der Waals surface area contributed by atoms with E-state index >= 15 is 0 Å². The van der Waals surface area contributed by atoms with Crippen LogP contribution in [-0.4, -0.2) is 54.4 Å². The summed E-state index contributed by atoms with van der Waals surface area (Å²) in [5.74, 6) is 1.76. The zero-order valence-electron chi connectivity index (χ0n) is 16.7. The predicted molar refractivity (Wildman–Crippen MR) is 115 cm³/mol. The fourth-order valence-corrected chi connectivity index (χ4v) is 3.64. The number of pyridine rings is 1. The molecule has 1 fully saturated rings. The fraction of sp³-hybridized carbons (Fsp3) is 0.304. The smallest absolute Gasteiger partial charge is 0.407 e. The standard InChI is InChI=1S/C23H25N3O3/c1-25(2)22-14-19-13-17(3-4-18(19)15-24-22)16-5-7-20(8-6-16)29-21-9-11-26(12-10-21)23(27)28/h3-8,13-15,21H,9-12H2,1-2H3,(H,27,28). The zero-order chi connectivity index (χ0) is 20.4. The Hall–Kier alpha value is -3.28. The number of amides is 1. The van der Waals surface area contributed by atoms with Crippen LogP contribution in [0.2, 0.25) is 0 Å². The minimum Gasteiger partial charge on any atom is -0.490 e. The molecular formula is C23H25N3O3. The van der Waals surface area contributed by atoms with Crippen molar-refractivity contribution in [2.45, 2.75) is 18.9 Å². The molecule has 1 amide bonds. The third kappa shape index (κ3) is 4.26. The number of carbonyl (C=O) groups is 1. The van der Waals surface area contributed by atoms with Crippen molar-refractivity contribution in [2.24, 2.45) is 0 Å². The van der Waals surface area contributed by atoms with Gasteiger partial charge in [0.05, 0.1) is 0 Å². The van der Waals surface area contributed by atoms with Crippen molar-refractivity contribution >= 4 is 22.7 Å². The fourth-order valence-electron chi connectivity index (χ4n) is 3.64. The van der Waals surface area contributed by atoms with Crippen LogP contribution in [0.1, 0.15) is 12.8 Å². The first kappa shape index (κ1) is 19.1. The van der Waals surface area contributed by atoms with Crippen molar-refractivity contribution in [3.63, 3.8) is 0 Å². The largest absolute Gasteiger partial charge is 0.490 e. The summed E-state index contributed by atoms with van der Waals surface area (Å²) >= 11 is 0. The molecule has 1 aromatic heterocycles. The van der Waals surface area contributed by atoms with Crippen LogP contribution in [0.3, 0.4) is 0 Å². The second-order valence-electron chi connectivity index (χ2n) is 7.61. The van der Waals surface area contributed by atoms with Gasteiger partial charge in [-0.3, -0.25) is 0 Å². The van der Waals surface area contributed by atoms with E-state index in [-0.39, 0.29) is 6.10 Å². The van der Waals surface area contributed by atoms with Crippen LogP contribution in [-0.2, 0) is 0 Å². The van der Waals surface area contributed by atoms with Crippen LogP contribution < -0.4 is 9.64 Å². The number of fused-ring (bicyclic) bond motifs is 1. The molecule has 0 saturated carbocycles. The molecule has 3 aromatic rings. The Morgan fingerprint density at radius 2 is 1.72 bits per heavy atom. The Balaban J connectivity index is 1.47. The highest BCUT2D eigenvalue weighted by atomic mass is 16.5. The van der Waals surface area contributed by atoms with Gasteiger partial charge in [-0.25, -0.2) is 9.78 Å². The van der Waals surface area contributed by atoms with Gasteiger partial charge in [0.1, 0.15) is 17.7 Å². The maximum absolute atomic E-state index is 11.0. The molecule has 150 valence electrons. The van der Waals surface area contributed by atoms with Crippen LogP contribution in [0.15, 0.2) is 54.7 Å². The van der Waals surface area contributed by atoms with Gasteiger partial charge in [-0.15, -0.1) is 0 Å². The van der Waals surface area contributed by atoms with E-state index in [9.17, 15) is 4.79 Å². The van der Waals surface area contributed by atoms with Crippen LogP contribution in [0.5, 0.6) is 5.75 Å². The molecular weight excluding hydrogens is 366 g/mol. The lowest BCUT2D eigenvalue weighted by Gasteiger charge is -2.30. The number of hydrogen-bond acceptors (Lipinski definition) is 4. The third-order valence-electron chi connectivity index (χ3n) is 5.37. The van der Waals surface area contributed by atoms with Gasteiger partial charge in [0.15, 0.2) is 0 Å². The Labute approximate surface area is 170 Å². The van der Waals surface area contributed by atoms with Gasteiger partial charge in [-0.05, 0) is 40.8 Å². The quantitative estimate of drug-likeness (QED) is 0.710. The van der Waals surface area contributed by atoms with Gasteiger partial charge >= 0.3 is 6.09 Å². The molecule has 2 aromatic carbocycles. The van der Waals surface area contributed by atoms with Crippen LogP contribution in [0.25, 0.3) is 21.9 Å². The number of rotatable bonds is 4. The van der Waals surface area contributed by atoms with E-state index < -0.39 is 6.09 Å². The number of hydrogen-bond donors (Lipinski definition) is 1. The summed E-state index contributed by atoms with van der Waals surface area (Å²) in [6.07, 6.45) is 2.56. The highest BCUT2D eigenvalue weighted by molar-refractivity contribution is 5.88. The minimum absolute atomic E-state index is 0.0640. The highest BCUT2D eigenvalue weighted by Crippen LogP contribution is 2.28. The average Bonchev–Trinajstić information content (AvgIpc) is 2.74. The van der Waals surface area contributed by atoms with Crippen LogP contribution in [0.4, 0.5) is 10.6 Å². The number of anilines is 1. The van der Waals surface area contributed by atoms with Crippen LogP contribution >= 0.6 is 0 Å². The second kappa shape index (κ2) is 7.99. The van der Waals surface area contributed by atoms with E-state index in [0.717, 1.165) is 46.3 Å². The number of likely N-dealkylation sites (tertiary alicyclic amines) is 1. The second-order valence-corrected chi connectivity index (χ2v) is 7.61. The molecule has 0 unspecified atom stereocenters. The van der Waals surface area contributed by atoms with Crippen molar-refractivity contribution < 1.29 is 14.6 Å². The van der Waals surface area contributed by atoms with E-state index in [1.165, 1.54) is 4.90 Å². The average molecular weight is 391 g/mol. The van der Waals surface area contributed by atoms with Gasteiger partial charge < -0.3 is 19.6 Å². The van der Waals surface area contributed by atoms with Crippen molar-refractivity contribution in [1.82, 2.24) is 9.88 Å². The maximum atomic E-state index is 11.0. The number of aromatic nitrogens is 1. The molecule has 1 aliphatic heterocycles. The lowest BCUT2D eigenvalue weighted by atomic mass is 10.0. The van der Waals surface area contributed by atoms with E-state index in [0.29, 0.717) is 13.1 Å². The predicted octanol–water partition coefficient (Wildman–Crippen LogP) is 4.49. The van der Waals surface area contributed by atoms with Gasteiger partial charge in [0.2, 0.25) is 0 Å². The zero-order valence-corrected chi connectivity index (χ0v) is 16.7. The first-order valence-electron chi connectivity index (χ1n) is 9.82. The summed E-state index contributed by atoms with van der Waals surface area (Å²) in [5.41, 5.74) is 2.28. The molecule has 0 radical (unpaired) electrons. The first-order chi connectivity index (χ1) is 14.0. The Kier molecular flexibility index (Phi) is 5.25. The lowest BCUT2D eigenvalue weighted by molar-refractivity contribution is 0.0895. The summed E-state index contributed by atoms with van der Waals surface area (Å²) in [5, 5.41) is 11.3. The van der Waals surface area contributed by atoms with Crippen molar-refractivity contribution in [3.8, 4) is 16.9 Å². The first-order valence-corrected chi connectivity index (χ1v) is 9.82. The van der Waals surface area contributed by atoms with Gasteiger partial charge in [0.25, 0.3) is 0 Å². The van der Waals surface area contributed by atoms with Crippen LogP contribution in [0, 0.1) is 0 Å². The highest BCUT2D eigenvalue weighted by Gasteiger charge is 2.23. The molecule has 0 spiro atoms. The normalized spacial score (nSPS) is 14.8. The summed E-state index contributed by atoms with van der Waals surface area (Å²) < 4.78 is 6.05. The molecule has 6 nitrogen and oxygen atoms in total. The summed E-state index contributed by atoms with van der Waals surface area (Å²) in [6.45, 7) is 1.05. The molecule has 1 N–H and O–H groups in total. The van der Waals surface area contributed by atoms with Crippen molar-refractivity contribution in [3.05, 3.63) is 54.7 Å². The maximum Gasteiger partial charge on any atom is 0.407 e. The third-order valence-corrected chi connectivity index (χ3v) is 5.37. The molecule has 29 heavy (non-hydrogen) atoms. The molecule has 1 saturated heterocycles. The van der Waals surface area contributed by atoms with E-state index in [4.69, 9.17) is 9.84 Å². The van der Waals surface area contributed by atoms with E-state index in [2.05, 4.69) is 41.4 Å². The Bertz CT molecular complexity index is 1010. The molecule has 0 bridgehead atoms. The van der Waals surface area contributed by atoms with Crippen molar-refractivity contribution in [1.29, 1.82) is 0 Å². The van der Waals surface area contributed by atoms with Gasteiger partial charge in [-0.2, -0.15) is 0 Å². The van der Waals surface area contributed by atoms with E-state index in [1.807, 2.05) is 37.3 Å². The molecule has 2 heterocycles. The summed E-state index contributed by atoms with van der Waals surface area (Å²) in [6, 6.07) is 16.6. The summed E-state index contributed by atoms with van der Waals surface area (Å²) in [7, 11) is 3.98. The number of nitrogens with zero attached hydrogens (tertiary/aromatic N) is 3. The lowest BCUT2D eigenvalue weighted by Crippen LogP contribution is -2.41. The molecule has 4 rings (SSSR count). The number of carboxylic acid groups (broad SMARTS) is 1. The van der Waals surface area contributed by atoms with Crippen molar-refractivity contribution in [2.75, 3.05) is 32.1 Å². The minimum atomic E-state index is -0.850. The topological polar surface area (TPSA) is 65.9 Å². The number of piperidine rings is 1. The van der Waals surface area contributed by atoms with E-state index in [1.54, 1.807) is 0 Å². The molecule has 0 atom stereocenters. The number of benzene rings is 2. The molecule has 0 aliphatic carbocycles. The van der Waals surface area contributed by atoms with Gasteiger partial charge in [-0.1, -0.05) is 24.3 Å². The number of ether oxygens (including phenoxy) is 1. The monoisotopic (exact) mass is 391 g/mol. The Morgan fingerprint density at radius 3 is 2.38 bits per heavy atom. The summed E-state index contributed by atoms with van der Waals surface area (Å²) in [4.78, 5) is 18.9. The Morgan fingerprint density at radius 1 is 1.03 bits per heavy atom.